The first-order chi connectivity index (χ1) is 13.7. The number of halogens is 6. The predicted molar refractivity (Wildman–Crippen MR) is 103 cm³/mol. The second kappa shape index (κ2) is 6.64. The van der Waals surface area contributed by atoms with Gasteiger partial charge >= 0.3 is 0 Å². The van der Waals surface area contributed by atoms with Crippen molar-refractivity contribution in [3.05, 3.63) is 64.0 Å². The summed E-state index contributed by atoms with van der Waals surface area (Å²) >= 11 is 1.08. The molecule has 0 radical (unpaired) electrons. The van der Waals surface area contributed by atoms with E-state index in [1.807, 2.05) is 0 Å². The minimum Gasteiger partial charge on any atom is -0.483 e. The molecule has 0 aliphatic rings. The van der Waals surface area contributed by atoms with Crippen molar-refractivity contribution >= 4 is 27.1 Å². The third-order valence-corrected chi connectivity index (χ3v) is 6.23. The van der Waals surface area contributed by atoms with E-state index < -0.39 is 43.6 Å². The quantitative estimate of drug-likeness (QED) is 0.440. The summed E-state index contributed by atoms with van der Waals surface area (Å²) in [5.41, 5.74) is 4.63. The van der Waals surface area contributed by atoms with Gasteiger partial charge in [-0.25, -0.2) is 13.8 Å². The minimum atomic E-state index is -8.27. The van der Waals surface area contributed by atoms with Gasteiger partial charge in [-0.05, 0) is 24.3 Å². The van der Waals surface area contributed by atoms with Crippen LogP contribution >= 0.6 is 21.2 Å². The molecule has 0 atom stereocenters. The van der Waals surface area contributed by atoms with Crippen molar-refractivity contribution in [1.82, 2.24) is 4.98 Å². The average molecular weight is 468 g/mol. The summed E-state index contributed by atoms with van der Waals surface area (Å²) < 4.78 is 86.6. The van der Waals surface area contributed by atoms with Crippen molar-refractivity contribution in [3.63, 3.8) is 0 Å². The van der Waals surface area contributed by atoms with Gasteiger partial charge in [0.05, 0.1) is 16.8 Å². The molecule has 12 heteroatoms. The first-order valence-corrected chi connectivity index (χ1v) is 11.4. The second-order valence-corrected chi connectivity index (χ2v) is 10.9. The van der Waals surface area contributed by atoms with Crippen molar-refractivity contribution < 1.29 is 33.9 Å². The zero-order chi connectivity index (χ0) is 22.4. The number of ether oxygens (including phenoxy) is 1. The van der Waals surface area contributed by atoms with E-state index in [0.717, 1.165) is 35.6 Å². The minimum absolute atomic E-state index is 0.251. The van der Waals surface area contributed by atoms with E-state index in [9.17, 15) is 29.1 Å². The Labute approximate surface area is 170 Å². The lowest BCUT2D eigenvalue weighted by molar-refractivity contribution is 0.0991. The van der Waals surface area contributed by atoms with E-state index in [1.54, 1.807) is 0 Å². The van der Waals surface area contributed by atoms with Crippen LogP contribution in [0.3, 0.4) is 0 Å². The van der Waals surface area contributed by atoms with Gasteiger partial charge in [-0.2, -0.15) is 0 Å². The van der Waals surface area contributed by atoms with E-state index >= 15 is 0 Å². The number of hydrogen-bond acceptors (Lipinski definition) is 4. The number of rotatable bonds is 6. The number of benzene rings is 2. The third-order valence-electron chi connectivity index (χ3n) is 3.95. The van der Waals surface area contributed by atoms with Gasteiger partial charge in [0.15, 0.2) is 21.4 Å². The Morgan fingerprint density at radius 1 is 1.10 bits per heavy atom. The monoisotopic (exact) mass is 468 g/mol. The molecule has 0 saturated heterocycles. The van der Waals surface area contributed by atoms with E-state index in [0.29, 0.717) is 28.4 Å². The predicted octanol–water partition coefficient (Wildman–Crippen LogP) is 6.17. The number of thiazole rings is 1. The molecule has 0 spiro atoms. The SMILES string of the molecule is CS(F)(F)(F)(F)c1ccc(-c2csc(COc3ccc(F)c(C(N)=O)c3F)n2)cc1. The molecule has 2 aromatic carbocycles. The van der Waals surface area contributed by atoms with E-state index in [1.165, 1.54) is 5.38 Å². The van der Waals surface area contributed by atoms with Gasteiger partial charge in [0.2, 0.25) is 0 Å². The van der Waals surface area contributed by atoms with E-state index in [2.05, 4.69) is 4.98 Å². The van der Waals surface area contributed by atoms with Crippen LogP contribution in [0.25, 0.3) is 11.3 Å². The molecule has 3 rings (SSSR count). The summed E-state index contributed by atoms with van der Waals surface area (Å²) in [7, 11) is -8.27. The van der Waals surface area contributed by atoms with Crippen LogP contribution < -0.4 is 10.5 Å². The van der Waals surface area contributed by atoms with Crippen molar-refractivity contribution in [1.29, 1.82) is 0 Å². The molecular formula is C18H14F6N2O2S2. The van der Waals surface area contributed by atoms with Crippen molar-refractivity contribution in [3.8, 4) is 17.0 Å². The lowest BCUT2D eigenvalue weighted by Gasteiger charge is -2.46. The van der Waals surface area contributed by atoms with Crippen LogP contribution in [0.4, 0.5) is 24.3 Å². The molecule has 1 amide bonds. The summed E-state index contributed by atoms with van der Waals surface area (Å²) in [5.74, 6) is -4.08. The summed E-state index contributed by atoms with van der Waals surface area (Å²) in [6.07, 6.45) is -0.356. The van der Waals surface area contributed by atoms with Crippen LogP contribution in [-0.2, 0) is 6.61 Å². The molecule has 1 aromatic heterocycles. The summed E-state index contributed by atoms with van der Waals surface area (Å²) in [4.78, 5) is 14.0. The van der Waals surface area contributed by atoms with Gasteiger partial charge in [-0.1, -0.05) is 12.1 Å². The molecule has 0 bridgehead atoms. The molecular weight excluding hydrogens is 454 g/mol. The highest BCUT2D eigenvalue weighted by molar-refractivity contribution is 8.49. The average Bonchev–Trinajstić information content (AvgIpc) is 3.08. The molecule has 4 nitrogen and oxygen atoms in total. The normalized spacial score (nSPS) is 14.1. The van der Waals surface area contributed by atoms with Gasteiger partial charge in [-0.3, -0.25) is 4.79 Å². The number of nitrogens with zero attached hydrogens (tertiary/aromatic N) is 1. The lowest BCUT2D eigenvalue weighted by atomic mass is 10.1. The maximum Gasteiger partial charge on any atom is 0.254 e. The van der Waals surface area contributed by atoms with E-state index in [-0.39, 0.29) is 12.9 Å². The number of nitrogens with two attached hydrogens (primary N) is 1. The third kappa shape index (κ3) is 4.70. The maximum absolute atomic E-state index is 14.2. The molecule has 0 aliphatic heterocycles. The van der Waals surface area contributed by atoms with Crippen LogP contribution in [0.1, 0.15) is 15.4 Å². The van der Waals surface area contributed by atoms with Gasteiger partial charge in [-0.15, -0.1) is 26.9 Å². The topological polar surface area (TPSA) is 65.2 Å². The number of aromatic nitrogens is 1. The largest absolute Gasteiger partial charge is 0.483 e. The van der Waals surface area contributed by atoms with Gasteiger partial charge in [0, 0.05) is 10.9 Å². The molecule has 2 N–H and O–H groups in total. The summed E-state index contributed by atoms with van der Waals surface area (Å²) in [6.45, 7) is -0.251. The molecule has 0 aliphatic carbocycles. The van der Waals surface area contributed by atoms with Crippen LogP contribution in [0.5, 0.6) is 5.75 Å². The number of carbonyl (C=O) groups excluding carboxylic acids is 1. The smallest absolute Gasteiger partial charge is 0.254 e. The number of hydrogen-bond donors (Lipinski definition) is 1. The Morgan fingerprint density at radius 2 is 1.73 bits per heavy atom. The fourth-order valence-electron chi connectivity index (χ4n) is 2.49. The molecule has 0 unspecified atom stereocenters. The first kappa shape index (κ1) is 22.0. The maximum atomic E-state index is 14.2. The summed E-state index contributed by atoms with van der Waals surface area (Å²) in [5, 5.41) is 1.86. The molecule has 30 heavy (non-hydrogen) atoms. The molecule has 0 saturated carbocycles. The highest BCUT2D eigenvalue weighted by atomic mass is 32.5. The van der Waals surface area contributed by atoms with Gasteiger partial charge < -0.3 is 10.5 Å². The zero-order valence-electron chi connectivity index (χ0n) is 15.2. The van der Waals surface area contributed by atoms with Gasteiger partial charge in [0.1, 0.15) is 23.0 Å². The first-order valence-electron chi connectivity index (χ1n) is 8.10. The Kier molecular flexibility index (Phi) is 4.86. The number of amides is 1. The molecule has 0 fully saturated rings. The fraction of sp³-hybridized carbons (Fsp3) is 0.111. The highest BCUT2D eigenvalue weighted by Gasteiger charge is 2.59. The van der Waals surface area contributed by atoms with E-state index in [4.69, 9.17) is 10.5 Å². The second-order valence-electron chi connectivity index (χ2n) is 6.52. The van der Waals surface area contributed by atoms with Crippen molar-refractivity contribution in [2.24, 2.45) is 5.73 Å². The van der Waals surface area contributed by atoms with Crippen molar-refractivity contribution in [2.45, 2.75) is 11.5 Å². The Bertz CT molecular complexity index is 1130. The number of carbonyl (C=O) groups is 1. The van der Waals surface area contributed by atoms with Crippen LogP contribution in [0.15, 0.2) is 46.7 Å². The number of primary amides is 1. The lowest BCUT2D eigenvalue weighted by Crippen LogP contribution is -2.16. The standard InChI is InChI=1S/C18H14F6N2O2S2/c1-30(21,22,23,24)11-4-2-10(3-5-11)13-9-29-15(26-13)8-28-14-7-6-12(19)16(17(14)20)18(25)27/h2-7,9H,8H2,1H3,(H2,25,27). The van der Waals surface area contributed by atoms with Crippen molar-refractivity contribution in [2.75, 3.05) is 6.26 Å². The zero-order valence-corrected chi connectivity index (χ0v) is 16.8. The summed E-state index contributed by atoms with van der Waals surface area (Å²) in [6, 6.07) is 5.29. The Morgan fingerprint density at radius 3 is 2.30 bits per heavy atom. The Hall–Kier alpha value is -2.73. The fourth-order valence-corrected chi connectivity index (χ4v) is 4.02. The molecule has 3 aromatic rings. The van der Waals surface area contributed by atoms with Crippen LogP contribution in [-0.4, -0.2) is 17.1 Å². The van der Waals surface area contributed by atoms with Crippen LogP contribution in [0, 0.1) is 11.6 Å². The molecule has 1 heterocycles. The highest BCUT2D eigenvalue weighted by Crippen LogP contribution is 2.98. The van der Waals surface area contributed by atoms with Crippen LogP contribution in [0.2, 0.25) is 0 Å². The van der Waals surface area contributed by atoms with Gasteiger partial charge in [0.25, 0.3) is 5.91 Å². The Balaban J connectivity index is 1.77. The molecule has 162 valence electrons.